The second-order valence-electron chi connectivity index (χ2n) is 4.12. The predicted octanol–water partition coefficient (Wildman–Crippen LogP) is 3.26. The quantitative estimate of drug-likeness (QED) is 0.853. The Kier molecular flexibility index (Phi) is 4.87. The third kappa shape index (κ3) is 3.09. The molecule has 1 aliphatic rings. The van der Waals surface area contributed by atoms with Gasteiger partial charge < -0.3 is 10.1 Å². The van der Waals surface area contributed by atoms with E-state index in [-0.39, 0.29) is 18.0 Å². The van der Waals surface area contributed by atoms with Gasteiger partial charge in [0, 0.05) is 24.2 Å². The molecule has 0 saturated carbocycles. The van der Waals surface area contributed by atoms with Gasteiger partial charge in [-0.05, 0) is 6.92 Å². The fourth-order valence-corrected chi connectivity index (χ4v) is 1.89. The Labute approximate surface area is 110 Å². The monoisotopic (exact) mass is 281 g/mol. The van der Waals surface area contributed by atoms with Crippen molar-refractivity contribution < 1.29 is 17.9 Å². The highest BCUT2D eigenvalue weighted by Crippen LogP contribution is 2.40. The minimum absolute atomic E-state index is 0. The van der Waals surface area contributed by atoms with Gasteiger partial charge in [0.05, 0.1) is 5.92 Å². The molecular formula is C12H15ClF3NO. The van der Waals surface area contributed by atoms with E-state index >= 15 is 0 Å². The summed E-state index contributed by atoms with van der Waals surface area (Å²) in [6, 6.07) is 4.93. The highest BCUT2D eigenvalue weighted by Gasteiger charge is 2.39. The summed E-state index contributed by atoms with van der Waals surface area (Å²) in [7, 11) is 0. The van der Waals surface area contributed by atoms with E-state index in [1.165, 1.54) is 6.07 Å². The van der Waals surface area contributed by atoms with Crippen molar-refractivity contribution in [3.05, 3.63) is 29.3 Å². The third-order valence-corrected chi connectivity index (χ3v) is 2.93. The van der Waals surface area contributed by atoms with Gasteiger partial charge in [-0.3, -0.25) is 0 Å². The first-order chi connectivity index (χ1) is 8.00. The maximum Gasteiger partial charge on any atom is 0.395 e. The Morgan fingerprint density at radius 3 is 2.72 bits per heavy atom. The van der Waals surface area contributed by atoms with Crippen LogP contribution in [-0.2, 0) is 6.54 Å². The molecule has 1 aliphatic heterocycles. The second-order valence-corrected chi connectivity index (χ2v) is 4.12. The molecular weight excluding hydrogens is 267 g/mol. The highest BCUT2D eigenvalue weighted by molar-refractivity contribution is 5.85. The minimum Gasteiger partial charge on any atom is -0.492 e. The average Bonchev–Trinajstić information content (AvgIpc) is 2.51. The SMILES string of the molecule is CC(c1cccc2c1OCCNC2)C(F)(F)F.Cl. The lowest BCUT2D eigenvalue weighted by Gasteiger charge is -2.20. The van der Waals surface area contributed by atoms with E-state index < -0.39 is 12.1 Å². The van der Waals surface area contributed by atoms with E-state index in [4.69, 9.17) is 4.74 Å². The molecule has 0 aliphatic carbocycles. The number of hydrogen-bond donors (Lipinski definition) is 1. The summed E-state index contributed by atoms with van der Waals surface area (Å²) in [6.45, 7) is 2.76. The first kappa shape index (κ1) is 15.1. The number of benzene rings is 1. The van der Waals surface area contributed by atoms with Crippen LogP contribution < -0.4 is 10.1 Å². The zero-order chi connectivity index (χ0) is 12.5. The minimum atomic E-state index is -4.24. The van der Waals surface area contributed by atoms with Crippen LogP contribution in [0.4, 0.5) is 13.2 Å². The number of hydrogen-bond acceptors (Lipinski definition) is 2. The molecule has 0 radical (unpaired) electrons. The van der Waals surface area contributed by atoms with E-state index in [0.717, 1.165) is 12.5 Å². The van der Waals surface area contributed by atoms with Crippen molar-refractivity contribution in [1.29, 1.82) is 0 Å². The van der Waals surface area contributed by atoms with Crippen molar-refractivity contribution in [1.82, 2.24) is 5.32 Å². The molecule has 0 amide bonds. The van der Waals surface area contributed by atoms with Gasteiger partial charge in [-0.15, -0.1) is 12.4 Å². The zero-order valence-corrected chi connectivity index (χ0v) is 10.7. The molecule has 1 aromatic carbocycles. The molecule has 1 N–H and O–H groups in total. The number of ether oxygens (including phenoxy) is 1. The Bertz CT molecular complexity index is 409. The van der Waals surface area contributed by atoms with Gasteiger partial charge in [0.1, 0.15) is 12.4 Å². The van der Waals surface area contributed by atoms with Crippen LogP contribution in [0.5, 0.6) is 5.75 Å². The molecule has 6 heteroatoms. The van der Waals surface area contributed by atoms with Crippen molar-refractivity contribution >= 4 is 12.4 Å². The smallest absolute Gasteiger partial charge is 0.395 e. The molecule has 0 aromatic heterocycles. The number of alkyl halides is 3. The predicted molar refractivity (Wildman–Crippen MR) is 65.4 cm³/mol. The topological polar surface area (TPSA) is 21.3 Å². The Morgan fingerprint density at radius 2 is 2.06 bits per heavy atom. The normalized spacial score (nSPS) is 16.9. The van der Waals surface area contributed by atoms with E-state index in [0.29, 0.717) is 25.4 Å². The van der Waals surface area contributed by atoms with Crippen LogP contribution in [0.3, 0.4) is 0 Å². The Hall–Kier alpha value is -0.940. The maximum absolute atomic E-state index is 12.7. The van der Waals surface area contributed by atoms with Crippen molar-refractivity contribution in [3.8, 4) is 5.75 Å². The largest absolute Gasteiger partial charge is 0.492 e. The second kappa shape index (κ2) is 5.80. The highest BCUT2D eigenvalue weighted by atomic mass is 35.5. The molecule has 0 fully saturated rings. The molecule has 0 bridgehead atoms. The van der Waals surface area contributed by atoms with Crippen LogP contribution in [0.2, 0.25) is 0 Å². The summed E-state index contributed by atoms with van der Waals surface area (Å²) in [6.07, 6.45) is -4.24. The van der Waals surface area contributed by atoms with Crippen molar-refractivity contribution in [3.63, 3.8) is 0 Å². The maximum atomic E-state index is 12.7. The van der Waals surface area contributed by atoms with Crippen LogP contribution in [0.1, 0.15) is 24.0 Å². The summed E-state index contributed by atoms with van der Waals surface area (Å²) >= 11 is 0. The molecule has 1 atom stereocenters. The van der Waals surface area contributed by atoms with Crippen LogP contribution in [0, 0.1) is 0 Å². The summed E-state index contributed by atoms with van der Waals surface area (Å²) in [5, 5.41) is 3.10. The molecule has 2 nitrogen and oxygen atoms in total. The lowest BCUT2D eigenvalue weighted by atomic mass is 9.97. The van der Waals surface area contributed by atoms with Crippen LogP contribution in [0.15, 0.2) is 18.2 Å². The van der Waals surface area contributed by atoms with Gasteiger partial charge in [-0.25, -0.2) is 0 Å². The number of nitrogens with one attached hydrogen (secondary N) is 1. The van der Waals surface area contributed by atoms with E-state index in [2.05, 4.69) is 5.32 Å². The first-order valence-electron chi connectivity index (χ1n) is 5.52. The number of rotatable bonds is 1. The molecule has 1 unspecified atom stereocenters. The number of fused-ring (bicyclic) bond motifs is 1. The van der Waals surface area contributed by atoms with Gasteiger partial charge in [0.25, 0.3) is 0 Å². The van der Waals surface area contributed by atoms with Gasteiger partial charge in [-0.2, -0.15) is 13.2 Å². The zero-order valence-electron chi connectivity index (χ0n) is 9.88. The number of para-hydroxylation sites is 1. The molecule has 0 saturated heterocycles. The molecule has 0 spiro atoms. The van der Waals surface area contributed by atoms with Crippen LogP contribution in [0.25, 0.3) is 0 Å². The average molecular weight is 282 g/mol. The van der Waals surface area contributed by atoms with Crippen molar-refractivity contribution in [2.75, 3.05) is 13.2 Å². The van der Waals surface area contributed by atoms with Crippen LogP contribution >= 0.6 is 12.4 Å². The summed E-state index contributed by atoms with van der Waals surface area (Å²) < 4.78 is 43.6. The Morgan fingerprint density at radius 1 is 1.33 bits per heavy atom. The molecule has 2 rings (SSSR count). The Balaban J connectivity index is 0.00000162. The fourth-order valence-electron chi connectivity index (χ4n) is 1.89. The third-order valence-electron chi connectivity index (χ3n) is 2.93. The molecule has 1 heterocycles. The standard InChI is InChI=1S/C12H14F3NO.ClH/c1-8(12(13,14)15)10-4-2-3-9-7-16-5-6-17-11(9)10;/h2-4,8,16H,5-7H2,1H3;1H. The van der Waals surface area contributed by atoms with E-state index in [1.807, 2.05) is 0 Å². The van der Waals surface area contributed by atoms with Gasteiger partial charge >= 0.3 is 6.18 Å². The van der Waals surface area contributed by atoms with E-state index in [1.54, 1.807) is 12.1 Å². The number of halogens is 4. The van der Waals surface area contributed by atoms with Gasteiger partial charge in [0.15, 0.2) is 0 Å². The van der Waals surface area contributed by atoms with Crippen molar-refractivity contribution in [2.45, 2.75) is 25.6 Å². The lowest BCUT2D eigenvalue weighted by molar-refractivity contribution is -0.146. The lowest BCUT2D eigenvalue weighted by Crippen LogP contribution is -2.19. The fraction of sp³-hybridized carbons (Fsp3) is 0.500. The molecule has 18 heavy (non-hydrogen) atoms. The summed E-state index contributed by atoms with van der Waals surface area (Å²) in [4.78, 5) is 0. The summed E-state index contributed by atoms with van der Waals surface area (Å²) in [5.41, 5.74) is 1.01. The molecule has 1 aromatic rings. The van der Waals surface area contributed by atoms with Gasteiger partial charge in [-0.1, -0.05) is 18.2 Å². The summed E-state index contributed by atoms with van der Waals surface area (Å²) in [5.74, 6) is -1.11. The van der Waals surface area contributed by atoms with Crippen molar-refractivity contribution in [2.24, 2.45) is 0 Å². The van der Waals surface area contributed by atoms with Gasteiger partial charge in [0.2, 0.25) is 0 Å². The first-order valence-corrected chi connectivity index (χ1v) is 5.52. The van der Waals surface area contributed by atoms with E-state index in [9.17, 15) is 13.2 Å². The molecule has 102 valence electrons. The van der Waals surface area contributed by atoms with Crippen LogP contribution in [-0.4, -0.2) is 19.3 Å².